The summed E-state index contributed by atoms with van der Waals surface area (Å²) >= 11 is 0. The van der Waals surface area contributed by atoms with Gasteiger partial charge in [0.2, 0.25) is 0 Å². The SMILES string of the molecule is CC(=O)c1ccc(O)c(N2C(=O)c3ccccc3C2=O)c1. The van der Waals surface area contributed by atoms with Crippen LogP contribution in [-0.4, -0.2) is 22.7 Å². The molecule has 2 aromatic carbocycles. The van der Waals surface area contributed by atoms with Crippen LogP contribution >= 0.6 is 0 Å². The average molecular weight is 281 g/mol. The van der Waals surface area contributed by atoms with Gasteiger partial charge in [0, 0.05) is 5.56 Å². The van der Waals surface area contributed by atoms with Crippen molar-refractivity contribution in [3.05, 3.63) is 59.2 Å². The Morgan fingerprint density at radius 1 is 1.00 bits per heavy atom. The minimum absolute atomic E-state index is 0.0221. The van der Waals surface area contributed by atoms with Crippen LogP contribution in [0.3, 0.4) is 0 Å². The first-order chi connectivity index (χ1) is 10.0. The van der Waals surface area contributed by atoms with Crippen LogP contribution in [0.5, 0.6) is 5.75 Å². The van der Waals surface area contributed by atoms with Crippen molar-refractivity contribution in [1.29, 1.82) is 0 Å². The van der Waals surface area contributed by atoms with E-state index in [0.717, 1.165) is 4.90 Å². The highest BCUT2D eigenvalue weighted by atomic mass is 16.3. The number of Topliss-reactive ketones (excluding diaryl/α,β-unsaturated/α-hetero) is 1. The Morgan fingerprint density at radius 3 is 2.10 bits per heavy atom. The molecule has 0 bridgehead atoms. The Labute approximate surface area is 120 Å². The van der Waals surface area contributed by atoms with E-state index >= 15 is 0 Å². The Balaban J connectivity index is 2.15. The van der Waals surface area contributed by atoms with Gasteiger partial charge in [-0.25, -0.2) is 4.90 Å². The highest BCUT2D eigenvalue weighted by Crippen LogP contribution is 2.34. The fraction of sp³-hybridized carbons (Fsp3) is 0.0625. The molecule has 2 aromatic rings. The maximum Gasteiger partial charge on any atom is 0.266 e. The molecule has 21 heavy (non-hydrogen) atoms. The van der Waals surface area contributed by atoms with Gasteiger partial charge in [0.1, 0.15) is 5.75 Å². The van der Waals surface area contributed by atoms with E-state index in [-0.39, 0.29) is 28.3 Å². The number of aromatic hydroxyl groups is 1. The summed E-state index contributed by atoms with van der Waals surface area (Å²) in [7, 11) is 0. The maximum atomic E-state index is 12.4. The number of ketones is 1. The van der Waals surface area contributed by atoms with Crippen LogP contribution in [0.15, 0.2) is 42.5 Å². The number of imide groups is 1. The number of carbonyl (C=O) groups is 3. The van der Waals surface area contributed by atoms with Gasteiger partial charge in [-0.2, -0.15) is 0 Å². The summed E-state index contributed by atoms with van der Waals surface area (Å²) in [5.74, 6) is -1.46. The quantitative estimate of drug-likeness (QED) is 0.677. The van der Waals surface area contributed by atoms with Crippen LogP contribution in [-0.2, 0) is 0 Å². The Kier molecular flexibility index (Phi) is 2.83. The molecular formula is C16H11NO4. The van der Waals surface area contributed by atoms with Crippen molar-refractivity contribution in [3.63, 3.8) is 0 Å². The maximum absolute atomic E-state index is 12.4. The van der Waals surface area contributed by atoms with Crippen LogP contribution in [0.25, 0.3) is 0 Å². The third-order valence-electron chi connectivity index (χ3n) is 3.42. The lowest BCUT2D eigenvalue weighted by Crippen LogP contribution is -2.29. The summed E-state index contributed by atoms with van der Waals surface area (Å²) in [5.41, 5.74) is 0.915. The minimum atomic E-state index is -0.508. The van der Waals surface area contributed by atoms with E-state index in [1.807, 2.05) is 0 Å². The molecule has 0 spiro atoms. The summed E-state index contributed by atoms with van der Waals surface area (Å²) in [6.45, 7) is 1.37. The number of fused-ring (bicyclic) bond motifs is 1. The predicted octanol–water partition coefficient (Wildman–Crippen LogP) is 2.40. The van der Waals surface area contributed by atoms with Crippen molar-refractivity contribution in [2.24, 2.45) is 0 Å². The summed E-state index contributed by atoms with van der Waals surface area (Å²) in [6, 6.07) is 10.5. The molecule has 2 amide bonds. The standard InChI is InChI=1S/C16H11NO4/c1-9(18)10-6-7-14(19)13(8-10)17-15(20)11-4-2-3-5-12(11)16(17)21/h2-8,19H,1H3. The molecular weight excluding hydrogens is 270 g/mol. The van der Waals surface area contributed by atoms with E-state index in [0.29, 0.717) is 5.56 Å². The number of hydrogen-bond donors (Lipinski definition) is 1. The molecule has 104 valence electrons. The van der Waals surface area contributed by atoms with E-state index in [1.165, 1.54) is 25.1 Å². The highest BCUT2D eigenvalue weighted by Gasteiger charge is 2.37. The van der Waals surface area contributed by atoms with Crippen LogP contribution in [0.1, 0.15) is 38.0 Å². The number of phenolic OH excluding ortho intramolecular Hbond substituents is 1. The Morgan fingerprint density at radius 2 is 1.57 bits per heavy atom. The second-order valence-electron chi connectivity index (χ2n) is 4.75. The van der Waals surface area contributed by atoms with Crippen molar-refractivity contribution in [1.82, 2.24) is 0 Å². The zero-order valence-electron chi connectivity index (χ0n) is 11.2. The first-order valence-electron chi connectivity index (χ1n) is 6.32. The van der Waals surface area contributed by atoms with Crippen LogP contribution in [0, 0.1) is 0 Å². The zero-order valence-corrected chi connectivity index (χ0v) is 11.2. The second-order valence-corrected chi connectivity index (χ2v) is 4.75. The third kappa shape index (κ3) is 1.90. The number of hydrogen-bond acceptors (Lipinski definition) is 4. The molecule has 0 saturated carbocycles. The first-order valence-corrected chi connectivity index (χ1v) is 6.32. The molecule has 0 saturated heterocycles. The largest absolute Gasteiger partial charge is 0.506 e. The number of nitrogens with zero attached hydrogens (tertiary/aromatic N) is 1. The number of amides is 2. The molecule has 0 radical (unpaired) electrons. The van der Waals surface area contributed by atoms with Crippen molar-refractivity contribution in [2.75, 3.05) is 4.90 Å². The average Bonchev–Trinajstić information content (AvgIpc) is 2.72. The normalized spacial score (nSPS) is 13.5. The van der Waals surface area contributed by atoms with Gasteiger partial charge in [-0.05, 0) is 37.3 Å². The first kappa shape index (κ1) is 13.1. The number of rotatable bonds is 2. The fourth-order valence-corrected chi connectivity index (χ4v) is 2.33. The molecule has 1 aliphatic heterocycles. The van der Waals surface area contributed by atoms with Gasteiger partial charge in [0.05, 0.1) is 16.8 Å². The lowest BCUT2D eigenvalue weighted by atomic mass is 10.1. The van der Waals surface area contributed by atoms with E-state index in [4.69, 9.17) is 0 Å². The van der Waals surface area contributed by atoms with Gasteiger partial charge >= 0.3 is 0 Å². The summed E-state index contributed by atoms with van der Waals surface area (Å²) in [4.78, 5) is 37.0. The molecule has 0 aliphatic carbocycles. The van der Waals surface area contributed by atoms with Gasteiger partial charge < -0.3 is 5.11 Å². The number of benzene rings is 2. The molecule has 1 aliphatic rings. The van der Waals surface area contributed by atoms with E-state index < -0.39 is 11.8 Å². The van der Waals surface area contributed by atoms with E-state index in [1.54, 1.807) is 24.3 Å². The topological polar surface area (TPSA) is 74.7 Å². The monoisotopic (exact) mass is 281 g/mol. The molecule has 0 unspecified atom stereocenters. The molecule has 0 fully saturated rings. The Hall–Kier alpha value is -2.95. The smallest absolute Gasteiger partial charge is 0.266 e. The van der Waals surface area contributed by atoms with Crippen molar-refractivity contribution < 1.29 is 19.5 Å². The van der Waals surface area contributed by atoms with Gasteiger partial charge in [0.25, 0.3) is 11.8 Å². The molecule has 0 aromatic heterocycles. The summed E-state index contributed by atoms with van der Waals surface area (Å²) < 4.78 is 0. The van der Waals surface area contributed by atoms with Crippen molar-refractivity contribution in [3.8, 4) is 5.75 Å². The number of carbonyl (C=O) groups excluding carboxylic acids is 3. The minimum Gasteiger partial charge on any atom is -0.506 e. The number of phenols is 1. The van der Waals surface area contributed by atoms with Gasteiger partial charge in [-0.1, -0.05) is 12.1 Å². The molecule has 0 atom stereocenters. The van der Waals surface area contributed by atoms with Crippen molar-refractivity contribution in [2.45, 2.75) is 6.92 Å². The van der Waals surface area contributed by atoms with Gasteiger partial charge in [-0.15, -0.1) is 0 Å². The lowest BCUT2D eigenvalue weighted by molar-refractivity contribution is 0.0922. The number of anilines is 1. The third-order valence-corrected chi connectivity index (χ3v) is 3.42. The van der Waals surface area contributed by atoms with Gasteiger partial charge in [-0.3, -0.25) is 14.4 Å². The van der Waals surface area contributed by atoms with E-state index in [2.05, 4.69) is 0 Å². The summed E-state index contributed by atoms with van der Waals surface area (Å²) in [5, 5.41) is 9.93. The fourth-order valence-electron chi connectivity index (χ4n) is 2.33. The Bertz CT molecular complexity index is 760. The highest BCUT2D eigenvalue weighted by molar-refractivity contribution is 6.34. The van der Waals surface area contributed by atoms with Crippen LogP contribution < -0.4 is 4.90 Å². The van der Waals surface area contributed by atoms with Crippen LogP contribution in [0.4, 0.5) is 5.69 Å². The van der Waals surface area contributed by atoms with Gasteiger partial charge in [0.15, 0.2) is 5.78 Å². The molecule has 1 N–H and O–H groups in total. The molecule has 1 heterocycles. The molecule has 3 rings (SSSR count). The van der Waals surface area contributed by atoms with Crippen molar-refractivity contribution >= 4 is 23.3 Å². The van der Waals surface area contributed by atoms with E-state index in [9.17, 15) is 19.5 Å². The molecule has 5 heteroatoms. The molecule has 5 nitrogen and oxygen atoms in total. The van der Waals surface area contributed by atoms with Crippen LogP contribution in [0.2, 0.25) is 0 Å². The predicted molar refractivity (Wildman–Crippen MR) is 75.7 cm³/mol. The second kappa shape index (κ2) is 4.56. The summed E-state index contributed by atoms with van der Waals surface area (Å²) in [6.07, 6.45) is 0. The zero-order chi connectivity index (χ0) is 15.1. The lowest BCUT2D eigenvalue weighted by Gasteiger charge is -2.16.